The van der Waals surface area contributed by atoms with Gasteiger partial charge in [0.25, 0.3) is 0 Å². The summed E-state index contributed by atoms with van der Waals surface area (Å²) in [6.07, 6.45) is 7.68. The molecule has 6 heteroatoms. The van der Waals surface area contributed by atoms with Crippen molar-refractivity contribution in [1.82, 2.24) is 9.21 Å². The first kappa shape index (κ1) is 19.4. The molecule has 0 N–H and O–H groups in total. The summed E-state index contributed by atoms with van der Waals surface area (Å²) in [5.74, 6) is 0.156. The minimum absolute atomic E-state index is 0.156. The van der Waals surface area contributed by atoms with E-state index in [0.29, 0.717) is 30.4 Å². The number of hydrogen-bond donors (Lipinski definition) is 0. The zero-order chi connectivity index (χ0) is 18.6. The summed E-state index contributed by atoms with van der Waals surface area (Å²) < 4.78 is 27.0. The number of likely N-dealkylation sites (tertiary alicyclic amines) is 1. The number of rotatable bonds is 5. The Morgan fingerprint density at radius 1 is 1.00 bits per heavy atom. The van der Waals surface area contributed by atoms with Gasteiger partial charge in [0, 0.05) is 25.7 Å². The lowest BCUT2D eigenvalue weighted by atomic mass is 9.99. The molecule has 0 spiro atoms. The Hall–Kier alpha value is -1.40. The van der Waals surface area contributed by atoms with Crippen LogP contribution < -0.4 is 0 Å². The van der Waals surface area contributed by atoms with Gasteiger partial charge < -0.3 is 4.90 Å². The molecule has 144 valence electrons. The number of sulfonamides is 1. The van der Waals surface area contributed by atoms with E-state index in [-0.39, 0.29) is 5.91 Å². The van der Waals surface area contributed by atoms with Crippen LogP contribution in [0, 0.1) is 0 Å². The quantitative estimate of drug-likeness (QED) is 0.791. The fraction of sp³-hybridized carbons (Fsp3) is 0.650. The Kier molecular flexibility index (Phi) is 6.35. The summed E-state index contributed by atoms with van der Waals surface area (Å²) in [7, 11) is -3.40. The molecule has 0 saturated carbocycles. The monoisotopic (exact) mass is 378 g/mol. The van der Waals surface area contributed by atoms with Crippen molar-refractivity contribution in [3.63, 3.8) is 0 Å². The molecule has 2 aliphatic rings. The molecule has 3 rings (SSSR count). The molecule has 1 aromatic rings. The van der Waals surface area contributed by atoms with Gasteiger partial charge in [-0.3, -0.25) is 4.79 Å². The molecule has 1 amide bonds. The van der Waals surface area contributed by atoms with Gasteiger partial charge in [-0.2, -0.15) is 4.31 Å². The van der Waals surface area contributed by atoms with Crippen LogP contribution in [0.5, 0.6) is 0 Å². The Balaban J connectivity index is 1.66. The van der Waals surface area contributed by atoms with Crippen molar-refractivity contribution in [2.75, 3.05) is 19.6 Å². The molecular weight excluding hydrogens is 348 g/mol. The number of piperidine rings is 2. The predicted molar refractivity (Wildman–Crippen MR) is 102 cm³/mol. The number of carbonyl (C=O) groups is 1. The van der Waals surface area contributed by atoms with Gasteiger partial charge in [0.15, 0.2) is 0 Å². The first-order valence-electron chi connectivity index (χ1n) is 9.91. The summed E-state index contributed by atoms with van der Waals surface area (Å²) in [4.78, 5) is 15.0. The fourth-order valence-corrected chi connectivity index (χ4v) is 5.58. The highest BCUT2D eigenvalue weighted by Gasteiger charge is 2.27. The van der Waals surface area contributed by atoms with E-state index in [1.165, 1.54) is 6.42 Å². The zero-order valence-corrected chi connectivity index (χ0v) is 16.5. The molecule has 26 heavy (non-hydrogen) atoms. The number of amides is 1. The highest BCUT2D eigenvalue weighted by atomic mass is 32.2. The molecule has 2 aliphatic heterocycles. The lowest BCUT2D eigenvalue weighted by Crippen LogP contribution is -2.44. The molecule has 2 saturated heterocycles. The Bertz CT molecular complexity index is 709. The van der Waals surface area contributed by atoms with Gasteiger partial charge in [0.1, 0.15) is 0 Å². The number of nitrogens with zero attached hydrogens (tertiary/aromatic N) is 2. The van der Waals surface area contributed by atoms with E-state index in [1.54, 1.807) is 28.6 Å². The fourth-order valence-electron chi connectivity index (χ4n) is 4.06. The van der Waals surface area contributed by atoms with Crippen LogP contribution in [0.2, 0.25) is 0 Å². The van der Waals surface area contributed by atoms with Crippen molar-refractivity contribution in [1.29, 1.82) is 0 Å². The van der Waals surface area contributed by atoms with Crippen LogP contribution in [0.25, 0.3) is 0 Å². The van der Waals surface area contributed by atoms with E-state index in [9.17, 15) is 13.2 Å². The molecule has 0 radical (unpaired) electrons. The van der Waals surface area contributed by atoms with Crippen molar-refractivity contribution < 1.29 is 13.2 Å². The Morgan fingerprint density at radius 2 is 1.65 bits per heavy atom. The average molecular weight is 379 g/mol. The SMILES string of the molecule is CCC1CCCCN1C(=O)Cc1ccc(S(=O)(=O)N2CCCCC2)cc1. The summed E-state index contributed by atoms with van der Waals surface area (Å²) in [5, 5.41) is 0. The van der Waals surface area contributed by atoms with Crippen LogP contribution in [-0.2, 0) is 21.2 Å². The van der Waals surface area contributed by atoms with Crippen LogP contribution >= 0.6 is 0 Å². The second-order valence-corrected chi connectivity index (χ2v) is 9.37. The van der Waals surface area contributed by atoms with Gasteiger partial charge in [-0.1, -0.05) is 25.5 Å². The molecule has 2 fully saturated rings. The lowest BCUT2D eigenvalue weighted by molar-refractivity contribution is -0.134. The third-order valence-electron chi connectivity index (χ3n) is 5.65. The van der Waals surface area contributed by atoms with Gasteiger partial charge in [0.2, 0.25) is 15.9 Å². The van der Waals surface area contributed by atoms with Gasteiger partial charge in [-0.05, 0) is 56.2 Å². The van der Waals surface area contributed by atoms with Crippen LogP contribution in [0.1, 0.15) is 57.4 Å². The van der Waals surface area contributed by atoms with Crippen molar-refractivity contribution in [2.45, 2.75) is 69.2 Å². The number of carbonyl (C=O) groups excluding carboxylic acids is 1. The third kappa shape index (κ3) is 4.29. The number of benzene rings is 1. The van der Waals surface area contributed by atoms with E-state index in [1.807, 2.05) is 4.90 Å². The first-order valence-corrected chi connectivity index (χ1v) is 11.3. The highest BCUT2D eigenvalue weighted by molar-refractivity contribution is 7.89. The maximum Gasteiger partial charge on any atom is 0.243 e. The average Bonchev–Trinajstić information content (AvgIpc) is 2.69. The maximum atomic E-state index is 12.7. The zero-order valence-electron chi connectivity index (χ0n) is 15.7. The second-order valence-electron chi connectivity index (χ2n) is 7.43. The van der Waals surface area contributed by atoms with E-state index in [4.69, 9.17) is 0 Å². The topological polar surface area (TPSA) is 57.7 Å². The molecule has 1 unspecified atom stereocenters. The largest absolute Gasteiger partial charge is 0.339 e. The van der Waals surface area contributed by atoms with Crippen LogP contribution in [0.3, 0.4) is 0 Å². The predicted octanol–water partition coefficient (Wildman–Crippen LogP) is 3.19. The molecule has 2 heterocycles. The summed E-state index contributed by atoms with van der Waals surface area (Å²) in [6.45, 7) is 4.20. The van der Waals surface area contributed by atoms with E-state index < -0.39 is 10.0 Å². The smallest absolute Gasteiger partial charge is 0.243 e. The molecule has 5 nitrogen and oxygen atoms in total. The maximum absolute atomic E-state index is 12.7. The summed E-state index contributed by atoms with van der Waals surface area (Å²) in [5.41, 5.74) is 0.882. The van der Waals surface area contributed by atoms with Gasteiger partial charge in [0.05, 0.1) is 11.3 Å². The highest BCUT2D eigenvalue weighted by Crippen LogP contribution is 2.23. The van der Waals surface area contributed by atoms with Crippen molar-refractivity contribution >= 4 is 15.9 Å². The van der Waals surface area contributed by atoms with Crippen LogP contribution in [-0.4, -0.2) is 49.2 Å². The van der Waals surface area contributed by atoms with Crippen molar-refractivity contribution in [2.24, 2.45) is 0 Å². The second kappa shape index (κ2) is 8.53. The first-order chi connectivity index (χ1) is 12.5. The molecule has 1 aromatic carbocycles. The van der Waals surface area contributed by atoms with E-state index in [2.05, 4.69) is 6.92 Å². The van der Waals surface area contributed by atoms with Gasteiger partial charge >= 0.3 is 0 Å². The lowest BCUT2D eigenvalue weighted by Gasteiger charge is -2.35. The molecule has 0 bridgehead atoms. The minimum atomic E-state index is -3.40. The van der Waals surface area contributed by atoms with E-state index in [0.717, 1.165) is 50.6 Å². The van der Waals surface area contributed by atoms with Crippen LogP contribution in [0.4, 0.5) is 0 Å². The van der Waals surface area contributed by atoms with E-state index >= 15 is 0 Å². The Labute approximate surface area is 157 Å². The van der Waals surface area contributed by atoms with Crippen molar-refractivity contribution in [3.8, 4) is 0 Å². The molecule has 0 aromatic heterocycles. The Morgan fingerprint density at radius 3 is 2.31 bits per heavy atom. The number of hydrogen-bond acceptors (Lipinski definition) is 3. The normalized spacial score (nSPS) is 22.3. The van der Waals surface area contributed by atoms with Gasteiger partial charge in [-0.15, -0.1) is 0 Å². The van der Waals surface area contributed by atoms with Crippen molar-refractivity contribution in [3.05, 3.63) is 29.8 Å². The summed E-state index contributed by atoms with van der Waals surface area (Å²) in [6, 6.07) is 7.24. The third-order valence-corrected chi connectivity index (χ3v) is 7.56. The minimum Gasteiger partial charge on any atom is -0.339 e. The molecular formula is C20H30N2O3S. The van der Waals surface area contributed by atoms with Crippen LogP contribution in [0.15, 0.2) is 29.2 Å². The van der Waals surface area contributed by atoms with Gasteiger partial charge in [-0.25, -0.2) is 8.42 Å². The molecule has 1 atom stereocenters. The summed E-state index contributed by atoms with van der Waals surface area (Å²) >= 11 is 0. The standard InChI is InChI=1S/C20H30N2O3S/c1-2-18-8-4-7-15-22(18)20(23)16-17-9-11-19(12-10-17)26(24,25)21-13-5-3-6-14-21/h9-12,18H,2-8,13-16H2,1H3. The molecule has 0 aliphatic carbocycles.